The van der Waals surface area contributed by atoms with Crippen LogP contribution in [0, 0.1) is 0 Å². The quantitative estimate of drug-likeness (QED) is 0.877. The predicted molar refractivity (Wildman–Crippen MR) is 79.7 cm³/mol. The van der Waals surface area contributed by atoms with Gasteiger partial charge in [-0.2, -0.15) is 0 Å². The van der Waals surface area contributed by atoms with E-state index in [-0.39, 0.29) is 5.91 Å². The summed E-state index contributed by atoms with van der Waals surface area (Å²) < 4.78 is 5.32. The minimum atomic E-state index is 0.0143. The van der Waals surface area contributed by atoms with Crippen LogP contribution in [0.15, 0.2) is 47.1 Å². The van der Waals surface area contributed by atoms with Crippen molar-refractivity contribution in [1.29, 1.82) is 0 Å². The van der Waals surface area contributed by atoms with Crippen LogP contribution in [0.1, 0.15) is 30.0 Å². The van der Waals surface area contributed by atoms with Gasteiger partial charge in [0.25, 0.3) is 5.91 Å². The summed E-state index contributed by atoms with van der Waals surface area (Å²) in [7, 11) is 0. The molecule has 0 bridgehead atoms. The number of para-hydroxylation sites is 1. The van der Waals surface area contributed by atoms with E-state index < -0.39 is 0 Å². The molecule has 20 heavy (non-hydrogen) atoms. The SMILES string of the molecule is CCNc1ccccc1C(=O)N(CC)Cc1ccco1. The van der Waals surface area contributed by atoms with Gasteiger partial charge in [-0.25, -0.2) is 0 Å². The second-order valence-corrected chi connectivity index (χ2v) is 4.47. The van der Waals surface area contributed by atoms with Gasteiger partial charge < -0.3 is 14.6 Å². The minimum Gasteiger partial charge on any atom is -0.467 e. The second kappa shape index (κ2) is 6.80. The zero-order valence-electron chi connectivity index (χ0n) is 11.9. The van der Waals surface area contributed by atoms with Crippen molar-refractivity contribution >= 4 is 11.6 Å². The Kier molecular flexibility index (Phi) is 4.82. The number of carbonyl (C=O) groups is 1. The Balaban J connectivity index is 2.20. The lowest BCUT2D eigenvalue weighted by Crippen LogP contribution is -2.30. The summed E-state index contributed by atoms with van der Waals surface area (Å²) in [6.45, 7) is 5.90. The third-order valence-corrected chi connectivity index (χ3v) is 3.12. The number of amides is 1. The van der Waals surface area contributed by atoms with Gasteiger partial charge >= 0.3 is 0 Å². The van der Waals surface area contributed by atoms with E-state index in [1.165, 1.54) is 0 Å². The predicted octanol–water partition coefficient (Wildman–Crippen LogP) is 3.37. The number of nitrogens with one attached hydrogen (secondary N) is 1. The molecule has 0 spiro atoms. The summed E-state index contributed by atoms with van der Waals surface area (Å²) in [5, 5.41) is 3.22. The van der Waals surface area contributed by atoms with Crippen LogP contribution in [-0.4, -0.2) is 23.9 Å². The molecule has 1 aromatic heterocycles. The number of carbonyl (C=O) groups excluding carboxylic acids is 1. The Morgan fingerprint density at radius 1 is 1.20 bits per heavy atom. The van der Waals surface area contributed by atoms with Gasteiger partial charge in [0.1, 0.15) is 5.76 Å². The first-order valence-corrected chi connectivity index (χ1v) is 6.90. The molecule has 0 aliphatic carbocycles. The number of nitrogens with zero attached hydrogens (tertiary/aromatic N) is 1. The maximum Gasteiger partial charge on any atom is 0.256 e. The normalized spacial score (nSPS) is 10.3. The first kappa shape index (κ1) is 14.2. The van der Waals surface area contributed by atoms with Crippen molar-refractivity contribution < 1.29 is 9.21 Å². The summed E-state index contributed by atoms with van der Waals surface area (Å²) in [6.07, 6.45) is 1.63. The molecule has 1 heterocycles. The lowest BCUT2D eigenvalue weighted by atomic mass is 10.1. The van der Waals surface area contributed by atoms with Crippen molar-refractivity contribution in [1.82, 2.24) is 4.90 Å². The highest BCUT2D eigenvalue weighted by Crippen LogP contribution is 2.18. The van der Waals surface area contributed by atoms with Crippen LogP contribution in [0.4, 0.5) is 5.69 Å². The number of rotatable bonds is 6. The third kappa shape index (κ3) is 3.20. The molecule has 2 rings (SSSR count). The van der Waals surface area contributed by atoms with E-state index in [1.54, 1.807) is 11.2 Å². The summed E-state index contributed by atoms with van der Waals surface area (Å²) >= 11 is 0. The van der Waals surface area contributed by atoms with Crippen LogP contribution in [0.25, 0.3) is 0 Å². The molecule has 4 nitrogen and oxygen atoms in total. The molecule has 106 valence electrons. The largest absolute Gasteiger partial charge is 0.467 e. The Bertz CT molecular complexity index is 549. The molecule has 0 saturated carbocycles. The monoisotopic (exact) mass is 272 g/mol. The lowest BCUT2D eigenvalue weighted by Gasteiger charge is -2.21. The zero-order valence-corrected chi connectivity index (χ0v) is 11.9. The van der Waals surface area contributed by atoms with E-state index in [0.717, 1.165) is 18.0 Å². The molecule has 1 aromatic carbocycles. The van der Waals surface area contributed by atoms with E-state index in [2.05, 4.69) is 5.32 Å². The van der Waals surface area contributed by atoms with Crippen molar-refractivity contribution in [3.63, 3.8) is 0 Å². The van der Waals surface area contributed by atoms with E-state index >= 15 is 0 Å². The summed E-state index contributed by atoms with van der Waals surface area (Å²) in [5.74, 6) is 0.807. The van der Waals surface area contributed by atoms with Gasteiger partial charge in [0.15, 0.2) is 0 Å². The molecule has 0 unspecified atom stereocenters. The number of anilines is 1. The fraction of sp³-hybridized carbons (Fsp3) is 0.312. The molecule has 0 radical (unpaired) electrons. The molecule has 0 aliphatic heterocycles. The van der Waals surface area contributed by atoms with Gasteiger partial charge in [0, 0.05) is 18.8 Å². The van der Waals surface area contributed by atoms with Crippen LogP contribution in [0.3, 0.4) is 0 Å². The number of benzene rings is 1. The van der Waals surface area contributed by atoms with Gasteiger partial charge in [0.05, 0.1) is 18.4 Å². The van der Waals surface area contributed by atoms with Crippen molar-refractivity contribution in [3.05, 3.63) is 54.0 Å². The van der Waals surface area contributed by atoms with Gasteiger partial charge in [-0.15, -0.1) is 0 Å². The molecule has 0 aliphatic rings. The Morgan fingerprint density at radius 3 is 2.65 bits per heavy atom. The van der Waals surface area contributed by atoms with Gasteiger partial charge in [0.2, 0.25) is 0 Å². The van der Waals surface area contributed by atoms with Crippen LogP contribution >= 0.6 is 0 Å². The van der Waals surface area contributed by atoms with Crippen molar-refractivity contribution in [2.75, 3.05) is 18.4 Å². The molecule has 1 amide bonds. The minimum absolute atomic E-state index is 0.0143. The zero-order chi connectivity index (χ0) is 14.4. The Hall–Kier alpha value is -2.23. The molecule has 0 fully saturated rings. The number of hydrogen-bond acceptors (Lipinski definition) is 3. The van der Waals surface area contributed by atoms with E-state index in [1.807, 2.05) is 50.2 Å². The van der Waals surface area contributed by atoms with Gasteiger partial charge in [-0.1, -0.05) is 12.1 Å². The van der Waals surface area contributed by atoms with Crippen LogP contribution in [-0.2, 0) is 6.54 Å². The summed E-state index contributed by atoms with van der Waals surface area (Å²) in [5.41, 5.74) is 1.57. The van der Waals surface area contributed by atoms with E-state index in [4.69, 9.17) is 4.42 Å². The van der Waals surface area contributed by atoms with Crippen molar-refractivity contribution in [3.8, 4) is 0 Å². The molecule has 2 aromatic rings. The third-order valence-electron chi connectivity index (χ3n) is 3.12. The molecule has 1 N–H and O–H groups in total. The first-order chi connectivity index (χ1) is 9.76. The molecule has 0 saturated heterocycles. The van der Waals surface area contributed by atoms with Crippen LogP contribution in [0.5, 0.6) is 0 Å². The van der Waals surface area contributed by atoms with E-state index in [9.17, 15) is 4.79 Å². The maximum atomic E-state index is 12.6. The Morgan fingerprint density at radius 2 is 2.00 bits per heavy atom. The second-order valence-electron chi connectivity index (χ2n) is 4.47. The fourth-order valence-corrected chi connectivity index (χ4v) is 2.10. The van der Waals surface area contributed by atoms with Crippen molar-refractivity contribution in [2.45, 2.75) is 20.4 Å². The van der Waals surface area contributed by atoms with Crippen molar-refractivity contribution in [2.24, 2.45) is 0 Å². The Labute approximate surface area is 119 Å². The highest BCUT2D eigenvalue weighted by molar-refractivity contribution is 5.99. The number of furan rings is 1. The standard InChI is InChI=1S/C16H20N2O2/c1-3-17-15-10-6-5-9-14(15)16(19)18(4-2)12-13-8-7-11-20-13/h5-11,17H,3-4,12H2,1-2H3. The summed E-state index contributed by atoms with van der Waals surface area (Å²) in [4.78, 5) is 14.4. The van der Waals surface area contributed by atoms with Crippen LogP contribution in [0.2, 0.25) is 0 Å². The molecule has 0 atom stereocenters. The van der Waals surface area contributed by atoms with E-state index in [0.29, 0.717) is 18.7 Å². The highest BCUT2D eigenvalue weighted by atomic mass is 16.3. The molecular formula is C16H20N2O2. The maximum absolute atomic E-state index is 12.6. The fourth-order valence-electron chi connectivity index (χ4n) is 2.10. The topological polar surface area (TPSA) is 45.5 Å². The average Bonchev–Trinajstić information content (AvgIpc) is 2.98. The summed E-state index contributed by atoms with van der Waals surface area (Å²) in [6, 6.07) is 11.3. The smallest absolute Gasteiger partial charge is 0.256 e. The number of hydrogen-bond donors (Lipinski definition) is 1. The molecular weight excluding hydrogens is 252 g/mol. The first-order valence-electron chi connectivity index (χ1n) is 6.90. The highest BCUT2D eigenvalue weighted by Gasteiger charge is 2.18. The molecule has 4 heteroatoms. The average molecular weight is 272 g/mol. The lowest BCUT2D eigenvalue weighted by molar-refractivity contribution is 0.0742. The van der Waals surface area contributed by atoms with Crippen LogP contribution < -0.4 is 5.32 Å². The van der Waals surface area contributed by atoms with Gasteiger partial charge in [-0.3, -0.25) is 4.79 Å². The van der Waals surface area contributed by atoms with Gasteiger partial charge in [-0.05, 0) is 38.1 Å².